The summed E-state index contributed by atoms with van der Waals surface area (Å²) in [5, 5.41) is 1.31. The smallest absolute Gasteiger partial charge is 0.225 e. The molecule has 29 heavy (non-hydrogen) atoms. The highest BCUT2D eigenvalue weighted by Crippen LogP contribution is 2.40. The van der Waals surface area contributed by atoms with E-state index in [0.717, 1.165) is 63.5 Å². The first-order chi connectivity index (χ1) is 14.2. The minimum Gasteiger partial charge on any atom is -0.352 e. The standard InChI is InChI=1S/C23H32N4OS/c1-2-19-24-21(20-17-10-6-7-11-18(17)29-22(20)25-19)26-12-14-27(15-13-26)23(28)16-8-4-3-5-9-16/h16H,2-15H2,1H3. The zero-order chi connectivity index (χ0) is 19.8. The lowest BCUT2D eigenvalue weighted by Gasteiger charge is -2.38. The molecule has 1 saturated heterocycles. The summed E-state index contributed by atoms with van der Waals surface area (Å²) in [6.07, 6.45) is 11.7. The third-order valence-electron chi connectivity index (χ3n) is 7.00. The fourth-order valence-corrected chi connectivity index (χ4v) is 6.59. The molecule has 5 nitrogen and oxygen atoms in total. The second-order valence-electron chi connectivity index (χ2n) is 8.86. The van der Waals surface area contributed by atoms with Crippen molar-refractivity contribution >= 4 is 33.3 Å². The molecule has 2 aliphatic carbocycles. The van der Waals surface area contributed by atoms with Crippen LogP contribution in [0.3, 0.4) is 0 Å². The molecule has 1 amide bonds. The van der Waals surface area contributed by atoms with Crippen molar-refractivity contribution in [2.45, 2.75) is 71.1 Å². The number of hydrogen-bond donors (Lipinski definition) is 0. The zero-order valence-corrected chi connectivity index (χ0v) is 18.4. The molecule has 3 aliphatic rings. The lowest BCUT2D eigenvalue weighted by atomic mass is 9.88. The number of amides is 1. The normalized spacial score (nSPS) is 20.9. The Balaban J connectivity index is 1.38. The SMILES string of the molecule is CCc1nc(N2CCN(C(=O)C3CCCCC3)CC2)c2c3c(sc2n1)CCCC3. The van der Waals surface area contributed by atoms with E-state index in [0.29, 0.717) is 5.91 Å². The first-order valence-electron chi connectivity index (χ1n) is 11.6. The second-order valence-corrected chi connectivity index (χ2v) is 9.94. The maximum Gasteiger partial charge on any atom is 0.225 e. The summed E-state index contributed by atoms with van der Waals surface area (Å²) in [7, 11) is 0. The summed E-state index contributed by atoms with van der Waals surface area (Å²) in [6, 6.07) is 0. The molecule has 0 atom stereocenters. The summed E-state index contributed by atoms with van der Waals surface area (Å²) in [4.78, 5) is 30.1. The van der Waals surface area contributed by atoms with Crippen molar-refractivity contribution in [2.75, 3.05) is 31.1 Å². The Kier molecular flexibility index (Phi) is 5.46. The first kappa shape index (κ1) is 19.3. The number of rotatable bonds is 3. The molecule has 0 bridgehead atoms. The number of aryl methyl sites for hydroxylation is 3. The van der Waals surface area contributed by atoms with Crippen LogP contribution in [-0.2, 0) is 24.1 Å². The first-order valence-corrected chi connectivity index (χ1v) is 12.4. The van der Waals surface area contributed by atoms with Gasteiger partial charge in [-0.1, -0.05) is 26.2 Å². The van der Waals surface area contributed by atoms with E-state index in [9.17, 15) is 4.79 Å². The number of piperazine rings is 1. The van der Waals surface area contributed by atoms with E-state index in [2.05, 4.69) is 16.7 Å². The maximum absolute atomic E-state index is 12.9. The monoisotopic (exact) mass is 412 g/mol. The van der Waals surface area contributed by atoms with Gasteiger partial charge >= 0.3 is 0 Å². The van der Waals surface area contributed by atoms with E-state index in [4.69, 9.17) is 9.97 Å². The second kappa shape index (κ2) is 8.21. The van der Waals surface area contributed by atoms with Crippen molar-refractivity contribution in [1.29, 1.82) is 0 Å². The molecule has 1 saturated carbocycles. The third-order valence-corrected chi connectivity index (χ3v) is 8.19. The molecule has 0 N–H and O–H groups in total. The highest BCUT2D eigenvalue weighted by atomic mass is 32.1. The Morgan fingerprint density at radius 2 is 1.76 bits per heavy atom. The minimum atomic E-state index is 0.275. The van der Waals surface area contributed by atoms with Gasteiger partial charge in [-0.2, -0.15) is 0 Å². The van der Waals surface area contributed by atoms with Crippen molar-refractivity contribution in [2.24, 2.45) is 5.92 Å². The van der Waals surface area contributed by atoms with Crippen LogP contribution >= 0.6 is 11.3 Å². The fraction of sp³-hybridized carbons (Fsp3) is 0.696. The van der Waals surface area contributed by atoms with Gasteiger partial charge in [0.2, 0.25) is 5.91 Å². The van der Waals surface area contributed by atoms with Gasteiger partial charge in [0.05, 0.1) is 5.39 Å². The largest absolute Gasteiger partial charge is 0.352 e. The molecule has 0 spiro atoms. The molecule has 6 heteroatoms. The average molecular weight is 413 g/mol. The number of fused-ring (bicyclic) bond motifs is 3. The summed E-state index contributed by atoms with van der Waals surface area (Å²) in [5.41, 5.74) is 1.51. The van der Waals surface area contributed by atoms with E-state index in [1.165, 1.54) is 59.2 Å². The Morgan fingerprint density at radius 3 is 2.52 bits per heavy atom. The van der Waals surface area contributed by atoms with E-state index in [1.807, 2.05) is 11.3 Å². The van der Waals surface area contributed by atoms with Crippen LogP contribution in [0.2, 0.25) is 0 Å². The van der Waals surface area contributed by atoms with E-state index >= 15 is 0 Å². The molecule has 0 aromatic carbocycles. The number of nitrogens with zero attached hydrogens (tertiary/aromatic N) is 4. The molecule has 2 aromatic heterocycles. The molecule has 5 rings (SSSR count). The van der Waals surface area contributed by atoms with Gasteiger partial charge < -0.3 is 9.80 Å². The van der Waals surface area contributed by atoms with Gasteiger partial charge in [0.25, 0.3) is 0 Å². The zero-order valence-electron chi connectivity index (χ0n) is 17.6. The van der Waals surface area contributed by atoms with Gasteiger partial charge in [-0.05, 0) is 44.1 Å². The predicted molar refractivity (Wildman–Crippen MR) is 119 cm³/mol. The summed E-state index contributed by atoms with van der Waals surface area (Å²) in [5.74, 6) is 2.76. The predicted octanol–water partition coefficient (Wildman–Crippen LogP) is 4.36. The van der Waals surface area contributed by atoms with Gasteiger partial charge in [-0.3, -0.25) is 4.79 Å². The van der Waals surface area contributed by atoms with Gasteiger partial charge in [-0.25, -0.2) is 9.97 Å². The van der Waals surface area contributed by atoms with Crippen molar-refractivity contribution in [3.63, 3.8) is 0 Å². The molecule has 0 radical (unpaired) electrons. The van der Waals surface area contributed by atoms with Gasteiger partial charge in [0.15, 0.2) is 0 Å². The van der Waals surface area contributed by atoms with Crippen LogP contribution in [0.15, 0.2) is 0 Å². The van der Waals surface area contributed by atoms with Crippen LogP contribution in [0.5, 0.6) is 0 Å². The van der Waals surface area contributed by atoms with E-state index in [1.54, 1.807) is 0 Å². The number of carbonyl (C=O) groups is 1. The van der Waals surface area contributed by atoms with Gasteiger partial charge in [0.1, 0.15) is 16.5 Å². The number of aromatic nitrogens is 2. The van der Waals surface area contributed by atoms with Crippen LogP contribution in [0, 0.1) is 5.92 Å². The van der Waals surface area contributed by atoms with E-state index in [-0.39, 0.29) is 5.92 Å². The van der Waals surface area contributed by atoms with Gasteiger partial charge in [0, 0.05) is 43.4 Å². The molecular weight excluding hydrogens is 380 g/mol. The van der Waals surface area contributed by atoms with Crippen LogP contribution in [0.1, 0.15) is 68.1 Å². The highest BCUT2D eigenvalue weighted by molar-refractivity contribution is 7.19. The van der Waals surface area contributed by atoms with Crippen LogP contribution in [0.25, 0.3) is 10.2 Å². The lowest BCUT2D eigenvalue weighted by Crippen LogP contribution is -2.51. The van der Waals surface area contributed by atoms with Crippen LogP contribution in [0.4, 0.5) is 5.82 Å². The fourth-order valence-electron chi connectivity index (χ4n) is 5.31. The van der Waals surface area contributed by atoms with E-state index < -0.39 is 0 Å². The summed E-state index contributed by atoms with van der Waals surface area (Å²) < 4.78 is 0. The number of carbonyl (C=O) groups excluding carboxylic acids is 1. The third kappa shape index (κ3) is 3.65. The molecule has 2 fully saturated rings. The quantitative estimate of drug-likeness (QED) is 0.751. The average Bonchev–Trinajstić information content (AvgIpc) is 3.17. The number of anilines is 1. The summed E-state index contributed by atoms with van der Waals surface area (Å²) in [6.45, 7) is 5.57. The molecule has 1 aliphatic heterocycles. The Morgan fingerprint density at radius 1 is 1.00 bits per heavy atom. The van der Waals surface area contributed by atoms with Crippen molar-refractivity contribution in [3.8, 4) is 0 Å². The van der Waals surface area contributed by atoms with Crippen molar-refractivity contribution in [1.82, 2.24) is 14.9 Å². The molecule has 0 unspecified atom stereocenters. The highest BCUT2D eigenvalue weighted by Gasteiger charge is 2.30. The maximum atomic E-state index is 12.9. The lowest BCUT2D eigenvalue weighted by molar-refractivity contribution is -0.136. The molecule has 2 aromatic rings. The minimum absolute atomic E-state index is 0.275. The molecule has 3 heterocycles. The van der Waals surface area contributed by atoms with Crippen molar-refractivity contribution in [3.05, 3.63) is 16.3 Å². The Bertz CT molecular complexity index is 894. The Labute approximate surface area is 177 Å². The van der Waals surface area contributed by atoms with Gasteiger partial charge in [-0.15, -0.1) is 11.3 Å². The number of thiophene rings is 1. The van der Waals surface area contributed by atoms with Crippen molar-refractivity contribution < 1.29 is 4.79 Å². The summed E-state index contributed by atoms with van der Waals surface area (Å²) >= 11 is 1.89. The number of hydrogen-bond acceptors (Lipinski definition) is 5. The topological polar surface area (TPSA) is 49.3 Å². The van der Waals surface area contributed by atoms with Crippen LogP contribution in [-0.4, -0.2) is 47.0 Å². The van der Waals surface area contributed by atoms with Crippen LogP contribution < -0.4 is 4.90 Å². The molecule has 156 valence electrons. The Hall–Kier alpha value is -1.69. The molecular formula is C23H32N4OS.